The number of ether oxygens (including phenoxy) is 1. The first-order valence-electron chi connectivity index (χ1n) is 10.0. The van der Waals surface area contributed by atoms with E-state index in [2.05, 4.69) is 20.1 Å². The molecule has 11 heteroatoms. The van der Waals surface area contributed by atoms with Crippen LogP contribution >= 0.6 is 11.8 Å². The molecule has 1 aromatic carbocycles. The number of carbonyl (C=O) groups excluding carboxylic acids is 1. The SMILES string of the molecule is [C-]#[N+]c1ccc(C(=O)Nc2ccc(F)c(C34COC(C(C)(F)F)CC3CSC(N)=N4)c2)nc1. The molecule has 4 rings (SSSR count). The number of hydrogen-bond acceptors (Lipinski definition) is 6. The fourth-order valence-electron chi connectivity index (χ4n) is 4.04. The van der Waals surface area contributed by atoms with Crippen LogP contribution in [0.3, 0.4) is 0 Å². The molecule has 0 radical (unpaired) electrons. The molecular weight excluding hydrogens is 455 g/mol. The maximum atomic E-state index is 15.0. The van der Waals surface area contributed by atoms with E-state index in [0.29, 0.717) is 11.4 Å². The van der Waals surface area contributed by atoms with Gasteiger partial charge >= 0.3 is 0 Å². The molecule has 0 aliphatic carbocycles. The first kappa shape index (κ1) is 23.1. The van der Waals surface area contributed by atoms with Crippen molar-refractivity contribution in [2.24, 2.45) is 16.6 Å². The highest BCUT2D eigenvalue weighted by Crippen LogP contribution is 2.49. The van der Waals surface area contributed by atoms with Crippen LogP contribution in [-0.4, -0.2) is 40.4 Å². The van der Waals surface area contributed by atoms with Crippen LogP contribution in [0, 0.1) is 18.3 Å². The third kappa shape index (κ3) is 4.54. The van der Waals surface area contributed by atoms with E-state index in [-0.39, 0.29) is 35.1 Å². The average molecular weight is 475 g/mol. The molecule has 3 unspecified atom stereocenters. The summed E-state index contributed by atoms with van der Waals surface area (Å²) in [5.41, 5.74) is 5.42. The summed E-state index contributed by atoms with van der Waals surface area (Å²) in [5, 5.41) is 2.86. The van der Waals surface area contributed by atoms with Crippen molar-refractivity contribution < 1.29 is 22.7 Å². The molecule has 2 aliphatic rings. The number of alkyl halides is 2. The Kier molecular flexibility index (Phi) is 6.07. The Morgan fingerprint density at radius 2 is 2.18 bits per heavy atom. The van der Waals surface area contributed by atoms with Crippen molar-refractivity contribution in [2.75, 3.05) is 17.7 Å². The van der Waals surface area contributed by atoms with Crippen LogP contribution in [0.5, 0.6) is 0 Å². The number of nitrogens with one attached hydrogen (secondary N) is 1. The summed E-state index contributed by atoms with van der Waals surface area (Å²) in [6.45, 7) is 7.49. The lowest BCUT2D eigenvalue weighted by Gasteiger charge is -2.47. The number of aromatic nitrogens is 1. The molecule has 1 saturated heterocycles. The second-order valence-corrected chi connectivity index (χ2v) is 9.08. The molecule has 0 bridgehead atoms. The van der Waals surface area contributed by atoms with E-state index in [0.717, 1.165) is 6.92 Å². The maximum Gasteiger partial charge on any atom is 0.274 e. The number of nitrogens with zero attached hydrogens (tertiary/aromatic N) is 3. The van der Waals surface area contributed by atoms with E-state index in [1.807, 2.05) is 0 Å². The Morgan fingerprint density at radius 1 is 1.39 bits per heavy atom. The zero-order valence-electron chi connectivity index (χ0n) is 17.5. The number of rotatable bonds is 4. The molecule has 0 spiro atoms. The Labute approximate surface area is 192 Å². The zero-order valence-corrected chi connectivity index (χ0v) is 18.3. The molecule has 33 heavy (non-hydrogen) atoms. The number of amides is 1. The molecule has 7 nitrogen and oxygen atoms in total. The minimum Gasteiger partial charge on any atom is -0.379 e. The molecular formula is C22H20F3N5O2S. The third-order valence-corrected chi connectivity index (χ3v) is 6.74. The Hall–Kier alpha value is -3.10. The fourth-order valence-corrected chi connectivity index (χ4v) is 5.05. The summed E-state index contributed by atoms with van der Waals surface area (Å²) in [6, 6.07) is 6.86. The minimum atomic E-state index is -3.05. The van der Waals surface area contributed by atoms with Gasteiger partial charge in [-0.2, -0.15) is 0 Å². The average Bonchev–Trinajstić information content (AvgIpc) is 2.79. The van der Waals surface area contributed by atoms with Gasteiger partial charge in [0.15, 0.2) is 5.17 Å². The minimum absolute atomic E-state index is 0.0133. The molecule has 2 aromatic rings. The predicted molar refractivity (Wildman–Crippen MR) is 119 cm³/mol. The Morgan fingerprint density at radius 3 is 2.85 bits per heavy atom. The predicted octanol–water partition coefficient (Wildman–Crippen LogP) is 4.34. The first-order valence-corrected chi connectivity index (χ1v) is 11.0. The number of carbonyl (C=O) groups is 1. The first-order chi connectivity index (χ1) is 15.6. The monoisotopic (exact) mass is 475 g/mol. The van der Waals surface area contributed by atoms with E-state index in [9.17, 15) is 13.6 Å². The van der Waals surface area contributed by atoms with E-state index in [1.54, 1.807) is 0 Å². The van der Waals surface area contributed by atoms with Gasteiger partial charge in [-0.25, -0.2) is 23.0 Å². The van der Waals surface area contributed by atoms with Crippen molar-refractivity contribution in [2.45, 2.75) is 30.9 Å². The molecule has 1 amide bonds. The van der Waals surface area contributed by atoms with Gasteiger partial charge < -0.3 is 15.8 Å². The van der Waals surface area contributed by atoms with Crippen LogP contribution in [-0.2, 0) is 10.3 Å². The Balaban J connectivity index is 1.66. The van der Waals surface area contributed by atoms with Gasteiger partial charge in [0.05, 0.1) is 13.2 Å². The molecule has 2 aliphatic heterocycles. The highest BCUT2D eigenvalue weighted by molar-refractivity contribution is 8.13. The number of nitrogens with two attached hydrogens (primary N) is 1. The standard InChI is InChI=1S/C22H20F3N5O2S/c1-21(24,25)18-7-12-10-33-20(26)30-22(12,11-32-18)15-8-13(3-5-16(15)23)29-19(31)17-6-4-14(27-2)9-28-17/h3-6,8-9,12,18H,7,10-11H2,1H3,(H2,26,30)(H,29,31). The second-order valence-electron chi connectivity index (χ2n) is 8.04. The highest BCUT2D eigenvalue weighted by atomic mass is 32.2. The topological polar surface area (TPSA) is 94.0 Å². The summed E-state index contributed by atoms with van der Waals surface area (Å²) >= 11 is 1.24. The summed E-state index contributed by atoms with van der Waals surface area (Å²) in [7, 11) is 0. The summed E-state index contributed by atoms with van der Waals surface area (Å²) in [4.78, 5) is 24.2. The smallest absolute Gasteiger partial charge is 0.274 e. The van der Waals surface area contributed by atoms with Gasteiger partial charge in [-0.15, -0.1) is 0 Å². The number of amidine groups is 1. The quantitative estimate of drug-likeness (QED) is 0.642. The molecule has 172 valence electrons. The van der Waals surface area contributed by atoms with Crippen LogP contribution in [0.15, 0.2) is 41.5 Å². The van der Waals surface area contributed by atoms with Gasteiger partial charge in [0, 0.05) is 36.0 Å². The van der Waals surface area contributed by atoms with Crippen LogP contribution in [0.2, 0.25) is 0 Å². The summed E-state index contributed by atoms with van der Waals surface area (Å²) in [6.07, 6.45) is -0.0419. The Bertz CT molecular complexity index is 1150. The number of benzene rings is 1. The van der Waals surface area contributed by atoms with Crippen molar-refractivity contribution in [3.05, 3.63) is 65.0 Å². The lowest BCUT2D eigenvalue weighted by molar-refractivity contribution is -0.170. The van der Waals surface area contributed by atoms with Gasteiger partial charge in [0.25, 0.3) is 11.8 Å². The van der Waals surface area contributed by atoms with Crippen LogP contribution in [0.1, 0.15) is 29.4 Å². The highest BCUT2D eigenvalue weighted by Gasteiger charge is 2.53. The number of halogens is 3. The lowest BCUT2D eigenvalue weighted by Crippen LogP contribution is -2.53. The molecule has 3 atom stereocenters. The largest absolute Gasteiger partial charge is 0.379 e. The summed E-state index contributed by atoms with van der Waals surface area (Å²) in [5.74, 6) is -4.26. The number of hydrogen-bond donors (Lipinski definition) is 2. The van der Waals surface area contributed by atoms with Crippen LogP contribution in [0.4, 0.5) is 24.5 Å². The van der Waals surface area contributed by atoms with Gasteiger partial charge in [-0.1, -0.05) is 17.8 Å². The van der Waals surface area contributed by atoms with Crippen molar-refractivity contribution in [1.29, 1.82) is 0 Å². The maximum absolute atomic E-state index is 15.0. The summed E-state index contributed by atoms with van der Waals surface area (Å²) < 4.78 is 48.4. The molecule has 0 saturated carbocycles. The second kappa shape index (κ2) is 8.68. The van der Waals surface area contributed by atoms with Crippen molar-refractivity contribution in [3.8, 4) is 0 Å². The van der Waals surface area contributed by atoms with Gasteiger partial charge in [0.1, 0.15) is 23.2 Å². The van der Waals surface area contributed by atoms with E-state index >= 15 is 4.39 Å². The number of fused-ring (bicyclic) bond motifs is 1. The zero-order chi connectivity index (χ0) is 23.8. The fraction of sp³-hybridized carbons (Fsp3) is 0.364. The van der Waals surface area contributed by atoms with Gasteiger partial charge in [-0.3, -0.25) is 9.78 Å². The molecule has 3 heterocycles. The van der Waals surface area contributed by atoms with E-state index in [1.165, 1.54) is 48.3 Å². The number of anilines is 1. The third-order valence-electron chi connectivity index (χ3n) is 5.79. The van der Waals surface area contributed by atoms with Crippen molar-refractivity contribution in [1.82, 2.24) is 4.98 Å². The van der Waals surface area contributed by atoms with E-state index in [4.69, 9.17) is 17.0 Å². The molecule has 1 aromatic heterocycles. The van der Waals surface area contributed by atoms with Gasteiger partial charge in [-0.05, 0) is 30.7 Å². The van der Waals surface area contributed by atoms with Crippen LogP contribution < -0.4 is 11.1 Å². The van der Waals surface area contributed by atoms with Gasteiger partial charge in [0.2, 0.25) is 5.69 Å². The molecule has 1 fully saturated rings. The van der Waals surface area contributed by atoms with Crippen molar-refractivity contribution >= 4 is 34.2 Å². The van der Waals surface area contributed by atoms with E-state index < -0.39 is 35.2 Å². The number of thioether (sulfide) groups is 1. The number of pyridine rings is 1. The normalized spacial score (nSPS) is 24.9. The van der Waals surface area contributed by atoms with Crippen LogP contribution in [0.25, 0.3) is 4.85 Å². The van der Waals surface area contributed by atoms with Crippen molar-refractivity contribution in [3.63, 3.8) is 0 Å². The molecule has 3 N–H and O–H groups in total. The lowest BCUT2D eigenvalue weighted by atomic mass is 9.74. The number of aliphatic imine (C=N–C) groups is 1.